The van der Waals surface area contributed by atoms with E-state index in [9.17, 15) is 4.79 Å². The first kappa shape index (κ1) is 15.0. The summed E-state index contributed by atoms with van der Waals surface area (Å²) in [7, 11) is 0. The molecule has 2 heterocycles. The maximum absolute atomic E-state index is 12.4. The summed E-state index contributed by atoms with van der Waals surface area (Å²) >= 11 is 0. The molecule has 20 heavy (non-hydrogen) atoms. The van der Waals surface area contributed by atoms with E-state index < -0.39 is 0 Å². The minimum atomic E-state index is -0.155. The number of aromatic nitrogens is 2. The number of hydrogen-bond donors (Lipinski definition) is 1. The normalized spacial score (nSPS) is 21.7. The smallest absolute Gasteiger partial charge is 0.254 e. The third kappa shape index (κ3) is 3.60. The summed E-state index contributed by atoms with van der Waals surface area (Å²) in [4.78, 5) is 12.4. The van der Waals surface area contributed by atoms with Crippen molar-refractivity contribution < 1.29 is 9.53 Å². The fourth-order valence-corrected chi connectivity index (χ4v) is 2.70. The van der Waals surface area contributed by atoms with E-state index >= 15 is 0 Å². The number of nitrogens with one attached hydrogen (secondary N) is 1. The van der Waals surface area contributed by atoms with E-state index in [4.69, 9.17) is 4.74 Å². The van der Waals surface area contributed by atoms with Crippen molar-refractivity contribution in [1.82, 2.24) is 15.1 Å². The SMILES string of the molecule is CCCn1cc(C(=O)NC2CCOC(C)(C)C2)c(C)n1. The second kappa shape index (κ2) is 5.95. The zero-order valence-corrected chi connectivity index (χ0v) is 12.9. The van der Waals surface area contributed by atoms with E-state index in [0.29, 0.717) is 12.2 Å². The van der Waals surface area contributed by atoms with Gasteiger partial charge in [-0.2, -0.15) is 5.10 Å². The number of nitrogens with zero attached hydrogens (tertiary/aromatic N) is 2. The van der Waals surface area contributed by atoms with Crippen LogP contribution in [0.25, 0.3) is 0 Å². The van der Waals surface area contributed by atoms with E-state index in [1.165, 1.54) is 0 Å². The standard InChI is InChI=1S/C15H25N3O2/c1-5-7-18-10-13(11(2)17-18)14(19)16-12-6-8-20-15(3,4)9-12/h10,12H,5-9H2,1-4H3,(H,16,19). The highest BCUT2D eigenvalue weighted by atomic mass is 16.5. The highest BCUT2D eigenvalue weighted by molar-refractivity contribution is 5.95. The van der Waals surface area contributed by atoms with Crippen LogP contribution in [-0.2, 0) is 11.3 Å². The lowest BCUT2D eigenvalue weighted by molar-refractivity contribution is -0.0615. The van der Waals surface area contributed by atoms with Crippen molar-refractivity contribution in [3.05, 3.63) is 17.5 Å². The molecule has 1 N–H and O–H groups in total. The van der Waals surface area contributed by atoms with Crippen LogP contribution in [0.1, 0.15) is 56.1 Å². The number of carbonyl (C=O) groups is 1. The van der Waals surface area contributed by atoms with Crippen molar-refractivity contribution in [1.29, 1.82) is 0 Å². The van der Waals surface area contributed by atoms with Gasteiger partial charge < -0.3 is 10.1 Å². The molecular weight excluding hydrogens is 254 g/mol. The molecule has 1 fully saturated rings. The second-order valence-electron chi connectivity index (χ2n) is 6.16. The van der Waals surface area contributed by atoms with E-state index in [2.05, 4.69) is 31.2 Å². The molecule has 1 saturated heterocycles. The van der Waals surface area contributed by atoms with Crippen molar-refractivity contribution in [2.24, 2.45) is 0 Å². The first-order chi connectivity index (χ1) is 9.41. The Hall–Kier alpha value is -1.36. The monoisotopic (exact) mass is 279 g/mol. The van der Waals surface area contributed by atoms with Crippen molar-refractivity contribution in [2.75, 3.05) is 6.61 Å². The molecule has 1 aromatic rings. The van der Waals surface area contributed by atoms with Crippen LogP contribution in [0.15, 0.2) is 6.20 Å². The van der Waals surface area contributed by atoms with E-state index in [1.54, 1.807) is 0 Å². The Bertz CT molecular complexity index is 479. The van der Waals surface area contributed by atoms with Crippen LogP contribution in [0, 0.1) is 6.92 Å². The number of rotatable bonds is 4. The van der Waals surface area contributed by atoms with E-state index in [0.717, 1.165) is 31.5 Å². The Morgan fingerprint density at radius 1 is 1.60 bits per heavy atom. The van der Waals surface area contributed by atoms with Gasteiger partial charge in [0.1, 0.15) is 0 Å². The maximum atomic E-state index is 12.4. The Morgan fingerprint density at radius 2 is 2.35 bits per heavy atom. The van der Waals surface area contributed by atoms with Gasteiger partial charge in [-0.1, -0.05) is 6.92 Å². The van der Waals surface area contributed by atoms with E-state index in [-0.39, 0.29) is 17.6 Å². The maximum Gasteiger partial charge on any atom is 0.254 e. The largest absolute Gasteiger partial charge is 0.375 e. The Labute approximate surface area is 120 Å². The van der Waals surface area contributed by atoms with Gasteiger partial charge in [0, 0.05) is 25.4 Å². The molecule has 1 aliphatic heterocycles. The fourth-order valence-electron chi connectivity index (χ4n) is 2.70. The van der Waals surface area contributed by atoms with Gasteiger partial charge in [0.25, 0.3) is 5.91 Å². The number of amides is 1. The molecule has 0 radical (unpaired) electrons. The molecule has 1 aromatic heterocycles. The number of aryl methyl sites for hydroxylation is 2. The highest BCUT2D eigenvalue weighted by Gasteiger charge is 2.30. The summed E-state index contributed by atoms with van der Waals surface area (Å²) < 4.78 is 7.52. The van der Waals surface area contributed by atoms with Gasteiger partial charge in [-0.3, -0.25) is 9.48 Å². The Kier molecular flexibility index (Phi) is 4.48. The van der Waals surface area contributed by atoms with E-state index in [1.807, 2.05) is 17.8 Å². The molecule has 2 rings (SSSR count). The van der Waals surface area contributed by atoms with Crippen LogP contribution in [0.2, 0.25) is 0 Å². The molecule has 5 nitrogen and oxygen atoms in total. The average Bonchev–Trinajstić information content (AvgIpc) is 2.69. The number of hydrogen-bond acceptors (Lipinski definition) is 3. The average molecular weight is 279 g/mol. The molecule has 1 aliphatic rings. The first-order valence-corrected chi connectivity index (χ1v) is 7.40. The zero-order valence-electron chi connectivity index (χ0n) is 12.9. The minimum absolute atomic E-state index is 0.0208. The van der Waals surface area contributed by atoms with Crippen molar-refractivity contribution >= 4 is 5.91 Å². The predicted octanol–water partition coefficient (Wildman–Crippen LogP) is 2.29. The minimum Gasteiger partial charge on any atom is -0.375 e. The van der Waals surface area contributed by atoms with Gasteiger partial charge in [-0.25, -0.2) is 0 Å². The summed E-state index contributed by atoms with van der Waals surface area (Å²) in [5.41, 5.74) is 1.32. The molecule has 0 aromatic carbocycles. The highest BCUT2D eigenvalue weighted by Crippen LogP contribution is 2.24. The van der Waals surface area contributed by atoms with Crippen LogP contribution < -0.4 is 5.32 Å². The molecule has 1 unspecified atom stereocenters. The summed E-state index contributed by atoms with van der Waals surface area (Å²) in [6.07, 6.45) is 4.58. The van der Waals surface area contributed by atoms with Gasteiger partial charge >= 0.3 is 0 Å². The molecule has 5 heteroatoms. The van der Waals surface area contributed by atoms with Gasteiger partial charge in [-0.15, -0.1) is 0 Å². The van der Waals surface area contributed by atoms with Crippen molar-refractivity contribution in [3.63, 3.8) is 0 Å². The Morgan fingerprint density at radius 3 is 3.00 bits per heavy atom. The van der Waals surface area contributed by atoms with Gasteiger partial charge in [0.15, 0.2) is 0 Å². The molecule has 0 saturated carbocycles. The van der Waals surface area contributed by atoms with Crippen LogP contribution >= 0.6 is 0 Å². The fraction of sp³-hybridized carbons (Fsp3) is 0.733. The summed E-state index contributed by atoms with van der Waals surface area (Å²) in [6, 6.07) is 0.181. The first-order valence-electron chi connectivity index (χ1n) is 7.40. The van der Waals surface area contributed by atoms with Gasteiger partial charge in [-0.05, 0) is 40.0 Å². The van der Waals surface area contributed by atoms with Crippen molar-refractivity contribution in [2.45, 2.75) is 65.1 Å². The predicted molar refractivity (Wildman–Crippen MR) is 77.8 cm³/mol. The number of carbonyl (C=O) groups excluding carboxylic acids is 1. The van der Waals surface area contributed by atoms with Crippen LogP contribution in [-0.4, -0.2) is 33.9 Å². The molecule has 0 spiro atoms. The Balaban J connectivity index is 2.01. The molecule has 0 aliphatic carbocycles. The third-order valence-corrected chi connectivity index (χ3v) is 3.68. The van der Waals surface area contributed by atoms with Gasteiger partial charge in [0.2, 0.25) is 0 Å². The summed E-state index contributed by atoms with van der Waals surface area (Å²) in [6.45, 7) is 9.66. The lowest BCUT2D eigenvalue weighted by Gasteiger charge is -2.35. The third-order valence-electron chi connectivity index (χ3n) is 3.68. The molecule has 112 valence electrons. The van der Waals surface area contributed by atoms with Crippen LogP contribution in [0.4, 0.5) is 0 Å². The zero-order chi connectivity index (χ0) is 14.8. The molecule has 1 atom stereocenters. The van der Waals surface area contributed by atoms with Crippen molar-refractivity contribution in [3.8, 4) is 0 Å². The quantitative estimate of drug-likeness (QED) is 0.920. The lowest BCUT2D eigenvalue weighted by atomic mass is 9.94. The second-order valence-corrected chi connectivity index (χ2v) is 6.16. The number of ether oxygens (including phenoxy) is 1. The molecule has 0 bridgehead atoms. The lowest BCUT2D eigenvalue weighted by Crippen LogP contribution is -2.45. The molecular formula is C15H25N3O2. The van der Waals surface area contributed by atoms with Crippen LogP contribution in [0.5, 0.6) is 0 Å². The summed E-state index contributed by atoms with van der Waals surface area (Å²) in [5, 5.41) is 7.49. The summed E-state index contributed by atoms with van der Waals surface area (Å²) in [5.74, 6) is -0.0208. The topological polar surface area (TPSA) is 56.2 Å². The van der Waals surface area contributed by atoms with Gasteiger partial charge in [0.05, 0.1) is 16.9 Å². The van der Waals surface area contributed by atoms with Crippen LogP contribution in [0.3, 0.4) is 0 Å². The molecule has 1 amide bonds.